The van der Waals surface area contributed by atoms with Gasteiger partial charge in [0.1, 0.15) is 11.9 Å². The van der Waals surface area contributed by atoms with Gasteiger partial charge in [0.15, 0.2) is 5.78 Å². The predicted octanol–water partition coefficient (Wildman–Crippen LogP) is 4.13. The first-order valence-electron chi connectivity index (χ1n) is 6.54. The molecule has 0 radical (unpaired) electrons. The Kier molecular flexibility index (Phi) is 2.86. The van der Waals surface area contributed by atoms with E-state index in [9.17, 15) is 4.79 Å². The first-order valence-corrected chi connectivity index (χ1v) is 6.54. The fourth-order valence-corrected chi connectivity index (χ4v) is 2.81. The van der Waals surface area contributed by atoms with Crippen molar-refractivity contribution >= 4 is 5.78 Å². The van der Waals surface area contributed by atoms with E-state index in [1.54, 1.807) is 6.92 Å². The third-order valence-corrected chi connectivity index (χ3v) is 3.74. The highest BCUT2D eigenvalue weighted by Gasteiger charge is 2.34. The molecular weight excluding hydrogens is 236 g/mol. The van der Waals surface area contributed by atoms with E-state index in [0.29, 0.717) is 0 Å². The van der Waals surface area contributed by atoms with E-state index in [1.165, 1.54) is 0 Å². The number of fused-ring (bicyclic) bond motifs is 1. The van der Waals surface area contributed by atoms with Crippen molar-refractivity contribution in [3.05, 3.63) is 65.2 Å². The van der Waals surface area contributed by atoms with Gasteiger partial charge in [-0.1, -0.05) is 49.4 Å². The van der Waals surface area contributed by atoms with Crippen molar-refractivity contribution in [3.63, 3.8) is 0 Å². The minimum absolute atomic E-state index is 0.00306. The second-order valence-corrected chi connectivity index (χ2v) is 5.01. The standard InChI is InChI=1S/C17H16O2/c1-11-16-14(12(2)18)9-6-10-15(16)19-17(11)13-7-4-3-5-8-13/h3-11,17H,1-2H3/t11-,17+/m1/s1. The summed E-state index contributed by atoms with van der Waals surface area (Å²) in [4.78, 5) is 11.7. The monoisotopic (exact) mass is 252 g/mol. The topological polar surface area (TPSA) is 26.3 Å². The van der Waals surface area contributed by atoms with Crippen LogP contribution in [0.2, 0.25) is 0 Å². The maximum absolute atomic E-state index is 11.7. The molecule has 1 heterocycles. The molecule has 1 aliphatic heterocycles. The summed E-state index contributed by atoms with van der Waals surface area (Å²) in [5.41, 5.74) is 2.98. The normalized spacial score (nSPS) is 20.7. The molecule has 2 atom stereocenters. The van der Waals surface area contributed by atoms with Crippen molar-refractivity contribution in [3.8, 4) is 5.75 Å². The van der Waals surface area contributed by atoms with Crippen molar-refractivity contribution in [2.45, 2.75) is 25.9 Å². The molecule has 0 fully saturated rings. The second-order valence-electron chi connectivity index (χ2n) is 5.01. The summed E-state index contributed by atoms with van der Waals surface area (Å²) in [5, 5.41) is 0. The van der Waals surface area contributed by atoms with Gasteiger partial charge in [0.2, 0.25) is 0 Å². The van der Waals surface area contributed by atoms with E-state index in [-0.39, 0.29) is 17.8 Å². The van der Waals surface area contributed by atoms with Crippen LogP contribution < -0.4 is 4.74 Å². The van der Waals surface area contributed by atoms with Crippen LogP contribution in [0.25, 0.3) is 0 Å². The maximum Gasteiger partial charge on any atom is 0.160 e. The summed E-state index contributed by atoms with van der Waals surface area (Å²) in [6, 6.07) is 15.9. The summed E-state index contributed by atoms with van der Waals surface area (Å²) < 4.78 is 6.04. The van der Waals surface area contributed by atoms with Gasteiger partial charge in [-0.15, -0.1) is 0 Å². The van der Waals surface area contributed by atoms with Gasteiger partial charge in [-0.05, 0) is 18.6 Å². The number of benzene rings is 2. The molecule has 3 rings (SSSR count). The molecule has 96 valence electrons. The Hall–Kier alpha value is -2.09. The van der Waals surface area contributed by atoms with Crippen LogP contribution in [0.15, 0.2) is 48.5 Å². The summed E-state index contributed by atoms with van der Waals surface area (Å²) in [6.07, 6.45) is -0.00306. The molecule has 2 aromatic carbocycles. The van der Waals surface area contributed by atoms with Crippen molar-refractivity contribution in [2.75, 3.05) is 0 Å². The number of ether oxygens (including phenoxy) is 1. The molecule has 0 spiro atoms. The zero-order valence-corrected chi connectivity index (χ0v) is 11.1. The molecule has 1 aliphatic rings. The molecule has 0 saturated heterocycles. The summed E-state index contributed by atoms with van der Waals surface area (Å²) in [5.74, 6) is 1.13. The van der Waals surface area contributed by atoms with Crippen LogP contribution in [0, 0.1) is 0 Å². The molecule has 0 aromatic heterocycles. The Labute approximate surface area is 113 Å². The third kappa shape index (κ3) is 1.93. The van der Waals surface area contributed by atoms with Gasteiger partial charge in [-0.25, -0.2) is 0 Å². The zero-order chi connectivity index (χ0) is 13.4. The molecule has 0 saturated carbocycles. The lowest BCUT2D eigenvalue weighted by molar-refractivity contribution is 0.101. The number of rotatable bonds is 2. The summed E-state index contributed by atoms with van der Waals surface area (Å²) in [7, 11) is 0. The number of Topliss-reactive ketones (excluding diaryl/α,β-unsaturated/α-hetero) is 1. The summed E-state index contributed by atoms with van der Waals surface area (Å²) in [6.45, 7) is 3.73. The maximum atomic E-state index is 11.7. The zero-order valence-electron chi connectivity index (χ0n) is 11.1. The van der Waals surface area contributed by atoms with E-state index in [1.807, 2.05) is 36.4 Å². The second kappa shape index (κ2) is 4.54. The van der Waals surface area contributed by atoms with Crippen LogP contribution in [0.3, 0.4) is 0 Å². The molecule has 0 unspecified atom stereocenters. The molecule has 2 aromatic rings. The average Bonchev–Trinajstić information content (AvgIpc) is 2.77. The molecule has 0 bridgehead atoms. The Morgan fingerprint density at radius 1 is 1.05 bits per heavy atom. The molecule has 0 N–H and O–H groups in total. The molecule has 2 heteroatoms. The number of hydrogen-bond donors (Lipinski definition) is 0. The number of carbonyl (C=O) groups is 1. The van der Waals surface area contributed by atoms with Crippen molar-refractivity contribution in [2.24, 2.45) is 0 Å². The van der Waals surface area contributed by atoms with Crippen LogP contribution in [-0.2, 0) is 0 Å². The Morgan fingerprint density at radius 2 is 1.79 bits per heavy atom. The lowest BCUT2D eigenvalue weighted by atomic mass is 9.89. The van der Waals surface area contributed by atoms with E-state index < -0.39 is 0 Å². The van der Waals surface area contributed by atoms with Crippen LogP contribution in [-0.4, -0.2) is 5.78 Å². The number of carbonyl (C=O) groups excluding carboxylic acids is 1. The fourth-order valence-electron chi connectivity index (χ4n) is 2.81. The lowest BCUT2D eigenvalue weighted by Gasteiger charge is -2.16. The highest BCUT2D eigenvalue weighted by molar-refractivity contribution is 5.96. The van der Waals surface area contributed by atoms with Gasteiger partial charge in [0.05, 0.1) is 0 Å². The van der Waals surface area contributed by atoms with Gasteiger partial charge >= 0.3 is 0 Å². The average molecular weight is 252 g/mol. The third-order valence-electron chi connectivity index (χ3n) is 3.74. The Balaban J connectivity index is 2.05. The highest BCUT2D eigenvalue weighted by atomic mass is 16.5. The van der Waals surface area contributed by atoms with Crippen LogP contribution in [0.1, 0.15) is 47.4 Å². The van der Waals surface area contributed by atoms with Gasteiger partial charge in [0.25, 0.3) is 0 Å². The molecule has 2 nitrogen and oxygen atoms in total. The quantitative estimate of drug-likeness (QED) is 0.751. The van der Waals surface area contributed by atoms with Crippen LogP contribution >= 0.6 is 0 Å². The summed E-state index contributed by atoms with van der Waals surface area (Å²) >= 11 is 0. The Bertz CT molecular complexity index is 616. The Morgan fingerprint density at radius 3 is 2.47 bits per heavy atom. The highest BCUT2D eigenvalue weighted by Crippen LogP contribution is 2.47. The van der Waals surface area contributed by atoms with Gasteiger partial charge in [-0.2, -0.15) is 0 Å². The lowest BCUT2D eigenvalue weighted by Crippen LogP contribution is -2.08. The SMILES string of the molecule is CC(=O)c1cccc2c1[C@@H](C)[C@@H](c1ccccc1)O2. The minimum Gasteiger partial charge on any atom is -0.485 e. The first kappa shape index (κ1) is 12.0. The first-order chi connectivity index (χ1) is 9.18. The molecule has 0 aliphatic carbocycles. The molecule has 0 amide bonds. The van der Waals surface area contributed by atoms with Crippen molar-refractivity contribution < 1.29 is 9.53 Å². The predicted molar refractivity (Wildman–Crippen MR) is 74.7 cm³/mol. The smallest absolute Gasteiger partial charge is 0.160 e. The molecular formula is C17H16O2. The van der Waals surface area contributed by atoms with E-state index in [4.69, 9.17) is 4.74 Å². The van der Waals surface area contributed by atoms with Crippen LogP contribution in [0.5, 0.6) is 5.75 Å². The van der Waals surface area contributed by atoms with Gasteiger partial charge in [-0.3, -0.25) is 4.79 Å². The largest absolute Gasteiger partial charge is 0.485 e. The molecule has 19 heavy (non-hydrogen) atoms. The number of hydrogen-bond acceptors (Lipinski definition) is 2. The van der Waals surface area contributed by atoms with Gasteiger partial charge in [0, 0.05) is 17.0 Å². The van der Waals surface area contributed by atoms with E-state index in [0.717, 1.165) is 22.4 Å². The van der Waals surface area contributed by atoms with Gasteiger partial charge < -0.3 is 4.74 Å². The minimum atomic E-state index is -0.00306. The van der Waals surface area contributed by atoms with Crippen LogP contribution in [0.4, 0.5) is 0 Å². The van der Waals surface area contributed by atoms with Crippen molar-refractivity contribution in [1.82, 2.24) is 0 Å². The van der Waals surface area contributed by atoms with E-state index >= 15 is 0 Å². The van der Waals surface area contributed by atoms with E-state index in [2.05, 4.69) is 19.1 Å². The van der Waals surface area contributed by atoms with Crippen molar-refractivity contribution in [1.29, 1.82) is 0 Å². The fraction of sp³-hybridized carbons (Fsp3) is 0.235. The number of ketones is 1.